The summed E-state index contributed by atoms with van der Waals surface area (Å²) in [6.07, 6.45) is 1.41. The van der Waals surface area contributed by atoms with Crippen LogP contribution in [0.25, 0.3) is 11.1 Å². The first-order chi connectivity index (χ1) is 24.7. The molecule has 0 bridgehead atoms. The first kappa shape index (κ1) is 33.3. The summed E-state index contributed by atoms with van der Waals surface area (Å²) in [6, 6.07) is 22.8. The maximum atomic E-state index is 13.3. The lowest BCUT2D eigenvalue weighted by molar-refractivity contribution is -0.141. The molecule has 0 unspecified atom stereocenters. The standard InChI is InChI=1S/C41H42F3N5O2/c42-41(43,44)38-13-6-30(24-45-38)35-3-1-2-29-23-34(50)10-12-36(29)39(35)28-4-7-32(8-5-28)48-16-14-27(15-17-48)26-47-18-20-49(21-19-47)33-9-11-37-31(22-33)25-46-40(37)51/h4-13,22-24,27,50H,1-3,14-21,25-26H2,(H,46,51). The average Bonchev–Trinajstić information content (AvgIpc) is 3.41. The molecule has 51 heavy (non-hydrogen) atoms. The van der Waals surface area contributed by atoms with Crippen molar-refractivity contribution in [3.8, 4) is 5.75 Å². The minimum absolute atomic E-state index is 0.0250. The smallest absolute Gasteiger partial charge is 0.433 e. The molecule has 2 fully saturated rings. The fourth-order valence-electron chi connectivity index (χ4n) is 8.31. The van der Waals surface area contributed by atoms with Crippen molar-refractivity contribution in [3.05, 3.63) is 118 Å². The number of nitrogens with zero attached hydrogens (tertiary/aromatic N) is 4. The second kappa shape index (κ2) is 13.7. The number of hydrogen-bond donors (Lipinski definition) is 2. The zero-order chi connectivity index (χ0) is 35.1. The minimum Gasteiger partial charge on any atom is -0.508 e. The van der Waals surface area contributed by atoms with E-state index in [4.69, 9.17) is 0 Å². The largest absolute Gasteiger partial charge is 0.508 e. The van der Waals surface area contributed by atoms with Crippen molar-refractivity contribution >= 4 is 28.4 Å². The summed E-state index contributed by atoms with van der Waals surface area (Å²) in [5.74, 6) is 0.895. The number of aromatic hydroxyl groups is 1. The number of pyridine rings is 1. The van der Waals surface area contributed by atoms with Crippen LogP contribution in [0.4, 0.5) is 24.5 Å². The number of phenols is 1. The quantitative estimate of drug-likeness (QED) is 0.220. The highest BCUT2D eigenvalue weighted by Gasteiger charge is 2.32. The SMILES string of the molecule is O=C1NCc2cc(N3CCN(CC4CCN(c5ccc(C6=C(c7ccc(C(F)(F)F)nc7)CCCc7cc(O)ccc76)cc5)CC4)CC3)ccc21. The molecule has 0 radical (unpaired) electrons. The number of allylic oxidation sites excluding steroid dienone is 1. The van der Waals surface area contributed by atoms with Gasteiger partial charge in [-0.1, -0.05) is 24.3 Å². The molecule has 0 spiro atoms. The number of piperazine rings is 1. The van der Waals surface area contributed by atoms with Gasteiger partial charge in [0, 0.05) is 75.5 Å². The van der Waals surface area contributed by atoms with Crippen LogP contribution in [0.3, 0.4) is 0 Å². The highest BCUT2D eigenvalue weighted by molar-refractivity contribution is 6.00. The monoisotopic (exact) mass is 693 g/mol. The number of anilines is 2. The Morgan fingerprint density at radius 3 is 2.20 bits per heavy atom. The number of piperidine rings is 1. The zero-order valence-electron chi connectivity index (χ0n) is 28.6. The summed E-state index contributed by atoms with van der Waals surface area (Å²) >= 11 is 0. The third kappa shape index (κ3) is 6.94. The number of rotatable bonds is 6. The Hall–Kier alpha value is -4.83. The lowest BCUT2D eigenvalue weighted by Crippen LogP contribution is -2.49. The fraction of sp³-hybridized carbons (Fsp3) is 0.366. The molecule has 0 atom stereocenters. The number of aryl methyl sites for hydroxylation is 1. The molecule has 4 heterocycles. The normalized spacial score (nSPS) is 18.8. The molecule has 4 aromatic rings. The summed E-state index contributed by atoms with van der Waals surface area (Å²) in [5, 5.41) is 13.2. The number of carbonyl (C=O) groups excluding carboxylic acids is 1. The lowest BCUT2D eigenvalue weighted by atomic mass is 9.88. The molecular formula is C41H42F3N5O2. The molecule has 8 rings (SSSR count). The summed E-state index contributed by atoms with van der Waals surface area (Å²) in [5.41, 5.74) is 9.04. The number of carbonyl (C=O) groups is 1. The van der Waals surface area contributed by atoms with Crippen molar-refractivity contribution in [1.82, 2.24) is 15.2 Å². The number of halogens is 3. The van der Waals surface area contributed by atoms with E-state index in [1.165, 1.54) is 23.6 Å². The van der Waals surface area contributed by atoms with Gasteiger partial charge in [-0.25, -0.2) is 0 Å². The summed E-state index contributed by atoms with van der Waals surface area (Å²) in [6.45, 7) is 7.80. The molecule has 264 valence electrons. The van der Waals surface area contributed by atoms with Crippen molar-refractivity contribution in [2.45, 2.75) is 44.8 Å². The Balaban J connectivity index is 0.926. The first-order valence-electron chi connectivity index (χ1n) is 18.0. The van der Waals surface area contributed by atoms with Crippen molar-refractivity contribution < 1.29 is 23.1 Å². The Morgan fingerprint density at radius 1 is 0.765 bits per heavy atom. The Kier molecular flexibility index (Phi) is 8.96. The van der Waals surface area contributed by atoms with E-state index in [2.05, 4.69) is 61.4 Å². The average molecular weight is 694 g/mol. The lowest BCUT2D eigenvalue weighted by Gasteiger charge is -2.40. The maximum absolute atomic E-state index is 13.3. The molecule has 1 aromatic heterocycles. The minimum atomic E-state index is -4.49. The number of benzene rings is 3. The van der Waals surface area contributed by atoms with Gasteiger partial charge in [0.25, 0.3) is 5.91 Å². The molecule has 0 saturated carbocycles. The van der Waals surface area contributed by atoms with Crippen LogP contribution in [0.2, 0.25) is 0 Å². The molecule has 2 saturated heterocycles. The molecule has 3 aliphatic heterocycles. The van der Waals surface area contributed by atoms with Crippen LogP contribution in [0.1, 0.15) is 69.6 Å². The second-order valence-corrected chi connectivity index (χ2v) is 14.3. The van der Waals surface area contributed by atoms with E-state index in [1.807, 2.05) is 12.1 Å². The maximum Gasteiger partial charge on any atom is 0.433 e. The summed E-state index contributed by atoms with van der Waals surface area (Å²) in [7, 11) is 0. The Bertz CT molecular complexity index is 1940. The number of nitrogens with one attached hydrogen (secondary N) is 1. The highest BCUT2D eigenvalue weighted by Crippen LogP contribution is 2.41. The van der Waals surface area contributed by atoms with Gasteiger partial charge in [-0.2, -0.15) is 13.2 Å². The van der Waals surface area contributed by atoms with E-state index in [0.717, 1.165) is 117 Å². The number of amides is 1. The van der Waals surface area contributed by atoms with Crippen LogP contribution in [0.5, 0.6) is 5.75 Å². The molecule has 7 nitrogen and oxygen atoms in total. The molecule has 10 heteroatoms. The Morgan fingerprint density at radius 2 is 1.47 bits per heavy atom. The number of hydrogen-bond acceptors (Lipinski definition) is 6. The topological polar surface area (TPSA) is 71.9 Å². The number of alkyl halides is 3. The van der Waals surface area contributed by atoms with Gasteiger partial charge >= 0.3 is 6.18 Å². The van der Waals surface area contributed by atoms with E-state index in [9.17, 15) is 23.1 Å². The summed E-state index contributed by atoms with van der Waals surface area (Å²) in [4.78, 5) is 23.2. The predicted molar refractivity (Wildman–Crippen MR) is 194 cm³/mol. The van der Waals surface area contributed by atoms with Crippen LogP contribution in [0.15, 0.2) is 79.0 Å². The van der Waals surface area contributed by atoms with Crippen LogP contribution in [0, 0.1) is 5.92 Å². The van der Waals surface area contributed by atoms with E-state index >= 15 is 0 Å². The summed E-state index contributed by atoms with van der Waals surface area (Å²) < 4.78 is 39.9. The van der Waals surface area contributed by atoms with Crippen molar-refractivity contribution in [1.29, 1.82) is 0 Å². The van der Waals surface area contributed by atoms with Gasteiger partial charge in [0.2, 0.25) is 0 Å². The van der Waals surface area contributed by atoms with Gasteiger partial charge in [-0.15, -0.1) is 0 Å². The molecule has 1 aliphatic carbocycles. The number of fused-ring (bicyclic) bond motifs is 2. The molecule has 3 aromatic carbocycles. The number of aromatic nitrogens is 1. The van der Waals surface area contributed by atoms with Crippen LogP contribution in [-0.2, 0) is 19.1 Å². The first-order valence-corrected chi connectivity index (χ1v) is 18.0. The van der Waals surface area contributed by atoms with Crippen molar-refractivity contribution in [2.75, 3.05) is 55.6 Å². The third-order valence-electron chi connectivity index (χ3n) is 11.1. The van der Waals surface area contributed by atoms with Gasteiger partial charge < -0.3 is 20.2 Å². The fourth-order valence-corrected chi connectivity index (χ4v) is 8.31. The number of phenolic OH excluding ortho intramolecular Hbond substituents is 1. The van der Waals surface area contributed by atoms with Crippen LogP contribution in [-0.4, -0.2) is 66.7 Å². The third-order valence-corrected chi connectivity index (χ3v) is 11.1. The zero-order valence-corrected chi connectivity index (χ0v) is 28.6. The van der Waals surface area contributed by atoms with Crippen LogP contribution < -0.4 is 15.1 Å². The van der Waals surface area contributed by atoms with Crippen molar-refractivity contribution in [2.24, 2.45) is 5.92 Å². The van der Waals surface area contributed by atoms with E-state index in [0.29, 0.717) is 24.4 Å². The highest BCUT2D eigenvalue weighted by atomic mass is 19.4. The van der Waals surface area contributed by atoms with Gasteiger partial charge in [0.1, 0.15) is 11.4 Å². The van der Waals surface area contributed by atoms with E-state index in [-0.39, 0.29) is 11.7 Å². The van der Waals surface area contributed by atoms with Crippen molar-refractivity contribution in [3.63, 3.8) is 0 Å². The van der Waals surface area contributed by atoms with E-state index in [1.54, 1.807) is 12.1 Å². The van der Waals surface area contributed by atoms with Gasteiger partial charge in [0.05, 0.1) is 0 Å². The predicted octanol–water partition coefficient (Wildman–Crippen LogP) is 7.38. The van der Waals surface area contributed by atoms with E-state index < -0.39 is 11.9 Å². The van der Waals surface area contributed by atoms with Crippen LogP contribution >= 0.6 is 0 Å². The second-order valence-electron chi connectivity index (χ2n) is 14.3. The van der Waals surface area contributed by atoms with Gasteiger partial charge in [0.15, 0.2) is 0 Å². The van der Waals surface area contributed by atoms with Gasteiger partial charge in [-0.3, -0.25) is 14.7 Å². The molecular weight excluding hydrogens is 651 g/mol. The molecule has 4 aliphatic rings. The Labute approximate surface area is 296 Å². The van der Waals surface area contributed by atoms with Gasteiger partial charge in [-0.05, 0) is 126 Å². The molecule has 1 amide bonds. The molecule has 2 N–H and O–H groups in total.